The number of aromatic hydroxyl groups is 1. The molecule has 1 aliphatic rings. The lowest BCUT2D eigenvalue weighted by molar-refractivity contribution is 0.475. The number of phenols is 1. The Labute approximate surface area is 182 Å². The number of hydrogen-bond acceptors (Lipinski definition) is 6. The zero-order chi connectivity index (χ0) is 21.8. The van der Waals surface area contributed by atoms with Crippen LogP contribution in [0.25, 0.3) is 11.3 Å². The zero-order valence-electron chi connectivity index (χ0n) is 17.2. The summed E-state index contributed by atoms with van der Waals surface area (Å²) in [5, 5.41) is 12.4. The van der Waals surface area contributed by atoms with E-state index in [4.69, 9.17) is 0 Å². The van der Waals surface area contributed by atoms with Crippen molar-refractivity contribution >= 4 is 9.84 Å². The van der Waals surface area contributed by atoms with Crippen molar-refractivity contribution in [2.45, 2.75) is 29.9 Å². The van der Waals surface area contributed by atoms with Gasteiger partial charge in [0.2, 0.25) is 0 Å². The molecule has 6 nitrogen and oxygen atoms in total. The molecule has 0 saturated carbocycles. The number of rotatable bonds is 3. The first-order chi connectivity index (χ1) is 14.9. The van der Waals surface area contributed by atoms with Gasteiger partial charge in [-0.3, -0.25) is 4.98 Å². The van der Waals surface area contributed by atoms with Crippen molar-refractivity contribution in [3.8, 4) is 28.8 Å². The summed E-state index contributed by atoms with van der Waals surface area (Å²) < 4.78 is 25.8. The second-order valence-electron chi connectivity index (χ2n) is 7.51. The van der Waals surface area contributed by atoms with Crippen LogP contribution in [0.4, 0.5) is 0 Å². The van der Waals surface area contributed by atoms with E-state index in [1.165, 1.54) is 0 Å². The van der Waals surface area contributed by atoms with Crippen LogP contribution in [0.1, 0.15) is 29.8 Å². The number of aromatic nitrogens is 2. The Morgan fingerprint density at radius 3 is 2.52 bits per heavy atom. The summed E-state index contributed by atoms with van der Waals surface area (Å²) in [6, 6.07) is 13.5. The highest BCUT2D eigenvalue weighted by Crippen LogP contribution is 2.25. The van der Waals surface area contributed by atoms with Crippen molar-refractivity contribution in [3.63, 3.8) is 0 Å². The average molecular weight is 434 g/mol. The fourth-order valence-corrected chi connectivity index (χ4v) is 5.29. The molecule has 0 bridgehead atoms. The summed E-state index contributed by atoms with van der Waals surface area (Å²) in [6.45, 7) is 3.29. The molecule has 1 aromatic heterocycles. The van der Waals surface area contributed by atoms with Gasteiger partial charge in [-0.2, -0.15) is 0 Å². The summed E-state index contributed by atoms with van der Waals surface area (Å²) >= 11 is 0. The second-order valence-corrected chi connectivity index (χ2v) is 9.74. The van der Waals surface area contributed by atoms with E-state index >= 15 is 0 Å². The van der Waals surface area contributed by atoms with E-state index in [2.05, 4.69) is 27.1 Å². The Morgan fingerprint density at radius 1 is 1.06 bits per heavy atom. The van der Waals surface area contributed by atoms with E-state index in [0.717, 1.165) is 18.7 Å². The summed E-state index contributed by atoms with van der Waals surface area (Å²) in [5.41, 5.74) is 3.31. The van der Waals surface area contributed by atoms with Gasteiger partial charge in [0.25, 0.3) is 0 Å². The van der Waals surface area contributed by atoms with Crippen molar-refractivity contribution in [1.82, 2.24) is 15.3 Å². The molecule has 2 N–H and O–H groups in total. The van der Waals surface area contributed by atoms with E-state index < -0.39 is 9.84 Å². The zero-order valence-corrected chi connectivity index (χ0v) is 18.0. The predicted octanol–water partition coefficient (Wildman–Crippen LogP) is 3.08. The van der Waals surface area contributed by atoms with Crippen LogP contribution in [0.3, 0.4) is 0 Å². The van der Waals surface area contributed by atoms with Crippen LogP contribution < -0.4 is 5.32 Å². The van der Waals surface area contributed by atoms with Crippen molar-refractivity contribution in [1.29, 1.82) is 0 Å². The third kappa shape index (κ3) is 4.76. The fraction of sp³-hybridized carbons (Fsp3) is 0.250. The standard InChI is InChI=1S/C24H23N3O3S/c1-17-23(10-5-18-3-2-4-20(28)15-18)27-24(16-26-17)19-6-8-21(9-7-19)31(29,30)22-11-13-25-14-12-22/h2-4,6-9,15-16,22,25,28H,11-14H2,1H3. The summed E-state index contributed by atoms with van der Waals surface area (Å²) in [7, 11) is -3.34. The third-order valence-electron chi connectivity index (χ3n) is 5.33. The number of benzene rings is 2. The van der Waals surface area contributed by atoms with Crippen LogP contribution in [-0.4, -0.2) is 41.8 Å². The van der Waals surface area contributed by atoms with Gasteiger partial charge in [-0.15, -0.1) is 0 Å². The van der Waals surface area contributed by atoms with Crippen LogP contribution >= 0.6 is 0 Å². The monoisotopic (exact) mass is 433 g/mol. The van der Waals surface area contributed by atoms with Gasteiger partial charge in [0, 0.05) is 11.1 Å². The van der Waals surface area contributed by atoms with Crippen molar-refractivity contribution < 1.29 is 13.5 Å². The topological polar surface area (TPSA) is 92.2 Å². The fourth-order valence-electron chi connectivity index (χ4n) is 3.54. The third-order valence-corrected chi connectivity index (χ3v) is 7.61. The van der Waals surface area contributed by atoms with Crippen molar-refractivity contribution in [2.75, 3.05) is 13.1 Å². The minimum Gasteiger partial charge on any atom is -0.508 e. The van der Waals surface area contributed by atoms with E-state index in [-0.39, 0.29) is 11.0 Å². The van der Waals surface area contributed by atoms with Crippen LogP contribution in [0.5, 0.6) is 5.75 Å². The number of sulfone groups is 1. The van der Waals surface area contributed by atoms with Gasteiger partial charge in [0.1, 0.15) is 11.4 Å². The summed E-state index contributed by atoms with van der Waals surface area (Å²) in [5.74, 6) is 6.15. The van der Waals surface area contributed by atoms with Crippen LogP contribution in [0.2, 0.25) is 0 Å². The molecule has 0 spiro atoms. The maximum Gasteiger partial charge on any atom is 0.181 e. The lowest BCUT2D eigenvalue weighted by Crippen LogP contribution is -2.35. The number of nitrogens with zero attached hydrogens (tertiary/aromatic N) is 2. The molecule has 2 heterocycles. The highest BCUT2D eigenvalue weighted by Gasteiger charge is 2.28. The first-order valence-electron chi connectivity index (χ1n) is 10.1. The maximum absolute atomic E-state index is 12.9. The van der Waals surface area contributed by atoms with Crippen molar-refractivity contribution in [3.05, 3.63) is 71.7 Å². The molecule has 2 aromatic carbocycles. The van der Waals surface area contributed by atoms with Crippen LogP contribution in [0.15, 0.2) is 59.6 Å². The highest BCUT2D eigenvalue weighted by molar-refractivity contribution is 7.92. The molecule has 3 aromatic rings. The number of aryl methyl sites for hydroxylation is 1. The largest absolute Gasteiger partial charge is 0.508 e. The SMILES string of the molecule is Cc1ncc(-c2ccc(S(=O)(=O)C3CCNCC3)cc2)nc1C#Cc1cccc(O)c1. The molecule has 0 aliphatic carbocycles. The molecule has 1 aliphatic heterocycles. The molecule has 1 saturated heterocycles. The van der Waals surface area contributed by atoms with Gasteiger partial charge in [-0.25, -0.2) is 13.4 Å². The number of hydrogen-bond donors (Lipinski definition) is 2. The molecule has 4 rings (SSSR count). The first kappa shape index (κ1) is 21.0. The maximum atomic E-state index is 12.9. The van der Waals surface area contributed by atoms with E-state index in [1.807, 2.05) is 6.92 Å². The van der Waals surface area contributed by atoms with E-state index in [9.17, 15) is 13.5 Å². The minimum absolute atomic E-state index is 0.155. The minimum atomic E-state index is -3.34. The number of phenolic OH excluding ortho intramolecular Hbond substituents is 1. The Kier molecular flexibility index (Phi) is 6.03. The Morgan fingerprint density at radius 2 is 1.81 bits per heavy atom. The lowest BCUT2D eigenvalue weighted by Gasteiger charge is -2.22. The summed E-state index contributed by atoms with van der Waals surface area (Å²) in [6.07, 6.45) is 2.93. The smallest absolute Gasteiger partial charge is 0.181 e. The predicted molar refractivity (Wildman–Crippen MR) is 119 cm³/mol. The first-order valence-corrected chi connectivity index (χ1v) is 11.7. The molecule has 158 valence electrons. The van der Waals surface area contributed by atoms with E-state index in [0.29, 0.717) is 40.4 Å². The van der Waals surface area contributed by atoms with E-state index in [1.54, 1.807) is 54.7 Å². The Hall–Kier alpha value is -3.21. The Balaban J connectivity index is 1.60. The Bertz CT molecular complexity index is 1250. The molecular weight excluding hydrogens is 410 g/mol. The van der Waals surface area contributed by atoms with Gasteiger partial charge in [-0.1, -0.05) is 24.1 Å². The average Bonchev–Trinajstić information content (AvgIpc) is 2.79. The van der Waals surface area contributed by atoms with Gasteiger partial charge in [0.05, 0.1) is 27.7 Å². The molecule has 1 fully saturated rings. The van der Waals surface area contributed by atoms with Gasteiger partial charge >= 0.3 is 0 Å². The normalized spacial score (nSPS) is 14.6. The summed E-state index contributed by atoms with van der Waals surface area (Å²) in [4.78, 5) is 9.34. The molecule has 7 heteroatoms. The molecule has 0 radical (unpaired) electrons. The van der Waals surface area contributed by atoms with Crippen LogP contribution in [0, 0.1) is 18.8 Å². The van der Waals surface area contributed by atoms with Gasteiger partial charge < -0.3 is 10.4 Å². The van der Waals surface area contributed by atoms with Crippen molar-refractivity contribution in [2.24, 2.45) is 0 Å². The molecule has 31 heavy (non-hydrogen) atoms. The molecule has 0 atom stereocenters. The molecule has 0 unspecified atom stereocenters. The number of nitrogens with one attached hydrogen (secondary N) is 1. The highest BCUT2D eigenvalue weighted by atomic mass is 32.2. The second kappa shape index (κ2) is 8.88. The number of piperidine rings is 1. The van der Waals surface area contributed by atoms with Crippen LogP contribution in [-0.2, 0) is 9.84 Å². The van der Waals surface area contributed by atoms with Gasteiger partial charge in [-0.05, 0) is 69.1 Å². The quantitative estimate of drug-likeness (QED) is 0.617. The molecular formula is C24H23N3O3S. The molecule has 0 amide bonds. The van der Waals surface area contributed by atoms with Gasteiger partial charge in [0.15, 0.2) is 9.84 Å². The lowest BCUT2D eigenvalue weighted by atomic mass is 10.1.